The number of aromatic nitrogens is 1. The molecule has 0 spiro atoms. The Morgan fingerprint density at radius 2 is 1.79 bits per heavy atom. The van der Waals surface area contributed by atoms with Crippen LogP contribution in [0.2, 0.25) is 0 Å². The van der Waals surface area contributed by atoms with Crippen LogP contribution in [0.3, 0.4) is 0 Å². The first kappa shape index (κ1) is 13.6. The molecule has 0 saturated heterocycles. The highest BCUT2D eigenvalue weighted by Gasteiger charge is 2.24. The van der Waals surface area contributed by atoms with Crippen LogP contribution in [0.5, 0.6) is 0 Å². The van der Waals surface area contributed by atoms with Crippen LogP contribution in [0.1, 0.15) is 5.56 Å². The summed E-state index contributed by atoms with van der Waals surface area (Å²) in [5, 5.41) is 0. The number of sulfonamides is 1. The molecule has 0 fully saturated rings. The lowest BCUT2D eigenvalue weighted by atomic mass is 10.3. The number of benzene rings is 1. The molecule has 102 valence electrons. The lowest BCUT2D eigenvalue weighted by Gasteiger charge is -2.08. The quantitative estimate of drug-likeness (QED) is 0.903. The van der Waals surface area contributed by atoms with Crippen LogP contribution in [0.15, 0.2) is 35.5 Å². The van der Waals surface area contributed by atoms with Crippen molar-refractivity contribution < 1.29 is 21.6 Å². The van der Waals surface area contributed by atoms with Crippen molar-refractivity contribution in [2.24, 2.45) is 0 Å². The van der Waals surface area contributed by atoms with Gasteiger partial charge < -0.3 is 4.98 Å². The summed E-state index contributed by atoms with van der Waals surface area (Å²) in [6, 6.07) is 2.22. The first-order valence-corrected chi connectivity index (χ1v) is 6.64. The predicted octanol–water partition coefficient (Wildman–Crippen LogP) is 1.91. The van der Waals surface area contributed by atoms with Gasteiger partial charge in [0, 0.05) is 31.1 Å². The fourth-order valence-corrected chi connectivity index (χ4v) is 2.64. The van der Waals surface area contributed by atoms with Gasteiger partial charge in [-0.1, -0.05) is 0 Å². The zero-order valence-corrected chi connectivity index (χ0v) is 10.3. The maximum Gasteiger partial charge on any atom is 0.246 e. The normalized spacial score (nSPS) is 11.7. The molecule has 2 rings (SSSR count). The Morgan fingerprint density at radius 3 is 2.32 bits per heavy atom. The molecule has 4 nitrogen and oxygen atoms in total. The number of nitrogens with one attached hydrogen (secondary N) is 2. The summed E-state index contributed by atoms with van der Waals surface area (Å²) < 4.78 is 65.0. The molecule has 0 saturated carbocycles. The van der Waals surface area contributed by atoms with Crippen LogP contribution in [0.4, 0.5) is 13.2 Å². The van der Waals surface area contributed by atoms with Crippen molar-refractivity contribution in [3.63, 3.8) is 0 Å². The SMILES string of the molecule is O=S(=O)(NCc1cc[nH]c1)c1c(F)cc(F)cc1F. The third-order valence-electron chi connectivity index (χ3n) is 2.36. The molecule has 1 heterocycles. The first-order chi connectivity index (χ1) is 8.90. The summed E-state index contributed by atoms with van der Waals surface area (Å²) >= 11 is 0. The summed E-state index contributed by atoms with van der Waals surface area (Å²) in [7, 11) is -4.40. The van der Waals surface area contributed by atoms with Crippen LogP contribution in [0, 0.1) is 17.5 Å². The predicted molar refractivity (Wildman–Crippen MR) is 61.1 cm³/mol. The Labute approximate surface area is 107 Å². The topological polar surface area (TPSA) is 62.0 Å². The zero-order chi connectivity index (χ0) is 14.0. The molecular weight excluding hydrogens is 281 g/mol. The van der Waals surface area contributed by atoms with Crippen LogP contribution in [-0.4, -0.2) is 13.4 Å². The van der Waals surface area contributed by atoms with Crippen molar-refractivity contribution >= 4 is 10.0 Å². The van der Waals surface area contributed by atoms with E-state index in [1.54, 1.807) is 12.3 Å². The van der Waals surface area contributed by atoms with Gasteiger partial charge in [0.25, 0.3) is 0 Å². The van der Waals surface area contributed by atoms with Crippen LogP contribution >= 0.6 is 0 Å². The largest absolute Gasteiger partial charge is 0.367 e. The molecular formula is C11H9F3N2O2S. The average Bonchev–Trinajstić information content (AvgIpc) is 2.77. The van der Waals surface area contributed by atoms with E-state index in [1.165, 1.54) is 6.20 Å². The van der Waals surface area contributed by atoms with Crippen molar-refractivity contribution in [1.82, 2.24) is 9.71 Å². The molecule has 0 atom stereocenters. The van der Waals surface area contributed by atoms with E-state index in [2.05, 4.69) is 4.98 Å². The highest BCUT2D eigenvalue weighted by Crippen LogP contribution is 2.20. The molecule has 19 heavy (non-hydrogen) atoms. The minimum atomic E-state index is -4.40. The smallest absolute Gasteiger partial charge is 0.246 e. The Kier molecular flexibility index (Phi) is 3.63. The van der Waals surface area contributed by atoms with Gasteiger partial charge in [0.2, 0.25) is 10.0 Å². The van der Waals surface area contributed by atoms with Gasteiger partial charge in [0.1, 0.15) is 17.5 Å². The maximum atomic E-state index is 13.4. The second kappa shape index (κ2) is 5.06. The minimum Gasteiger partial charge on any atom is -0.367 e. The number of aromatic amines is 1. The molecule has 0 aliphatic rings. The Balaban J connectivity index is 2.29. The van der Waals surface area contributed by atoms with E-state index in [1.807, 2.05) is 4.72 Å². The maximum absolute atomic E-state index is 13.4. The van der Waals surface area contributed by atoms with Gasteiger partial charge in [-0.15, -0.1) is 0 Å². The van der Waals surface area contributed by atoms with Crippen molar-refractivity contribution in [3.8, 4) is 0 Å². The minimum absolute atomic E-state index is 0.137. The summed E-state index contributed by atoms with van der Waals surface area (Å²) in [6.45, 7) is -0.137. The van der Waals surface area contributed by atoms with Crippen molar-refractivity contribution in [2.75, 3.05) is 0 Å². The standard InChI is InChI=1S/C11H9F3N2O2S/c12-8-3-9(13)11(10(14)4-8)19(17,18)16-6-7-1-2-15-5-7/h1-5,15-16H,6H2. The van der Waals surface area contributed by atoms with Gasteiger partial charge in [-0.25, -0.2) is 26.3 Å². The molecule has 1 aromatic heterocycles. The van der Waals surface area contributed by atoms with Gasteiger partial charge in [0.15, 0.2) is 4.90 Å². The molecule has 8 heteroatoms. The van der Waals surface area contributed by atoms with Crippen molar-refractivity contribution in [2.45, 2.75) is 11.4 Å². The van der Waals surface area contributed by atoms with Gasteiger partial charge in [-0.2, -0.15) is 0 Å². The monoisotopic (exact) mass is 290 g/mol. The third-order valence-corrected chi connectivity index (χ3v) is 3.81. The van der Waals surface area contributed by atoms with Gasteiger partial charge in [-0.3, -0.25) is 0 Å². The molecule has 2 N–H and O–H groups in total. The lowest BCUT2D eigenvalue weighted by Crippen LogP contribution is -2.25. The van der Waals surface area contributed by atoms with Crippen molar-refractivity contribution in [3.05, 3.63) is 53.6 Å². The number of hydrogen-bond donors (Lipinski definition) is 2. The second-order valence-electron chi connectivity index (χ2n) is 3.74. The molecule has 0 bridgehead atoms. The lowest BCUT2D eigenvalue weighted by molar-refractivity contribution is 0.493. The van der Waals surface area contributed by atoms with E-state index in [9.17, 15) is 21.6 Å². The van der Waals surface area contributed by atoms with Gasteiger partial charge in [0.05, 0.1) is 0 Å². The van der Waals surface area contributed by atoms with Gasteiger partial charge >= 0.3 is 0 Å². The molecule has 1 aromatic carbocycles. The molecule has 0 unspecified atom stereocenters. The highest BCUT2D eigenvalue weighted by molar-refractivity contribution is 7.89. The van der Waals surface area contributed by atoms with E-state index < -0.39 is 32.4 Å². The van der Waals surface area contributed by atoms with Gasteiger partial charge in [-0.05, 0) is 11.6 Å². The van der Waals surface area contributed by atoms with E-state index in [0.29, 0.717) is 17.7 Å². The van der Waals surface area contributed by atoms with Crippen molar-refractivity contribution in [1.29, 1.82) is 0 Å². The zero-order valence-electron chi connectivity index (χ0n) is 9.45. The molecule has 0 amide bonds. The van der Waals surface area contributed by atoms with Crippen LogP contribution in [-0.2, 0) is 16.6 Å². The Hall–Kier alpha value is -1.80. The molecule has 0 radical (unpaired) electrons. The fraction of sp³-hybridized carbons (Fsp3) is 0.0909. The first-order valence-electron chi connectivity index (χ1n) is 5.16. The molecule has 0 aliphatic carbocycles. The fourth-order valence-electron chi connectivity index (χ4n) is 1.50. The molecule has 2 aromatic rings. The van der Waals surface area contributed by atoms with E-state index in [4.69, 9.17) is 0 Å². The van der Waals surface area contributed by atoms with Crippen LogP contribution < -0.4 is 4.72 Å². The Morgan fingerprint density at radius 1 is 1.16 bits per heavy atom. The number of rotatable bonds is 4. The summed E-state index contributed by atoms with van der Waals surface area (Å²) in [4.78, 5) is 1.51. The van der Waals surface area contributed by atoms with E-state index in [0.717, 1.165) is 0 Å². The third kappa shape index (κ3) is 2.96. The van der Waals surface area contributed by atoms with E-state index in [-0.39, 0.29) is 6.54 Å². The number of halogens is 3. The van der Waals surface area contributed by atoms with E-state index >= 15 is 0 Å². The summed E-state index contributed by atoms with van der Waals surface area (Å²) in [5.74, 6) is -4.13. The average molecular weight is 290 g/mol. The van der Waals surface area contributed by atoms with Crippen LogP contribution in [0.25, 0.3) is 0 Å². The Bertz CT molecular complexity index is 661. The number of hydrogen-bond acceptors (Lipinski definition) is 2. The highest BCUT2D eigenvalue weighted by atomic mass is 32.2. The second-order valence-corrected chi connectivity index (χ2v) is 5.45. The summed E-state index contributed by atoms with van der Waals surface area (Å²) in [6.07, 6.45) is 3.10. The summed E-state index contributed by atoms with van der Waals surface area (Å²) in [5.41, 5.74) is 0.589. The number of H-pyrrole nitrogens is 1. The molecule has 0 aliphatic heterocycles.